The molecule has 166 valence electrons. The molecule has 2 aromatic carbocycles. The molecule has 0 saturated carbocycles. The molecule has 32 heavy (non-hydrogen) atoms. The highest BCUT2D eigenvalue weighted by molar-refractivity contribution is 7.98. The van der Waals surface area contributed by atoms with E-state index in [1.807, 2.05) is 11.6 Å². The maximum Gasteiger partial charge on any atom is 0.191 e. The van der Waals surface area contributed by atoms with Gasteiger partial charge in [0.25, 0.3) is 0 Å². The smallest absolute Gasteiger partial charge is 0.191 e. The zero-order valence-electron chi connectivity index (χ0n) is 17.7. The first-order chi connectivity index (χ1) is 15.5. The third kappa shape index (κ3) is 5.84. The number of nitrogens with zero attached hydrogens (tertiary/aromatic N) is 4. The predicted molar refractivity (Wildman–Crippen MR) is 133 cm³/mol. The van der Waals surface area contributed by atoms with Crippen LogP contribution in [0.15, 0.2) is 53.0 Å². The summed E-state index contributed by atoms with van der Waals surface area (Å²) >= 11 is 15.4. The van der Waals surface area contributed by atoms with Crippen LogP contribution in [0.5, 0.6) is 5.75 Å². The molecular formula is C23H22Cl2N4OS2. The Hall–Kier alpha value is -2.06. The Morgan fingerprint density at radius 1 is 1.12 bits per heavy atom. The van der Waals surface area contributed by atoms with Gasteiger partial charge < -0.3 is 9.30 Å². The Balaban J connectivity index is 1.28. The summed E-state index contributed by atoms with van der Waals surface area (Å²) in [6, 6.07) is 13.6. The van der Waals surface area contributed by atoms with E-state index in [0.717, 1.165) is 45.8 Å². The van der Waals surface area contributed by atoms with Crippen molar-refractivity contribution in [2.24, 2.45) is 7.05 Å². The summed E-state index contributed by atoms with van der Waals surface area (Å²) in [5.74, 6) is 2.32. The minimum absolute atomic E-state index is 0.516. The number of aryl methyl sites for hydroxylation is 2. The molecule has 0 unspecified atom stereocenters. The number of rotatable bonds is 9. The molecule has 0 saturated heterocycles. The van der Waals surface area contributed by atoms with E-state index in [-0.39, 0.29) is 0 Å². The molecule has 0 fully saturated rings. The molecule has 0 aliphatic carbocycles. The van der Waals surface area contributed by atoms with Crippen molar-refractivity contribution in [1.82, 2.24) is 19.7 Å². The molecule has 0 aliphatic heterocycles. The zero-order valence-corrected chi connectivity index (χ0v) is 20.9. The first-order valence-corrected chi connectivity index (χ1v) is 12.7. The highest BCUT2D eigenvalue weighted by Crippen LogP contribution is 2.29. The van der Waals surface area contributed by atoms with Gasteiger partial charge in [-0.05, 0) is 37.6 Å². The SMILES string of the molecule is Cc1cccc(-c2nc(CSc3nnc(CCCOc4ccc(Cl)cc4Cl)n3C)cs2)c1. The van der Waals surface area contributed by atoms with Crippen molar-refractivity contribution >= 4 is 46.3 Å². The fraction of sp³-hybridized carbons (Fsp3) is 0.261. The molecule has 0 N–H and O–H groups in total. The lowest BCUT2D eigenvalue weighted by atomic mass is 10.1. The largest absolute Gasteiger partial charge is 0.492 e. The molecule has 0 spiro atoms. The fourth-order valence-electron chi connectivity index (χ4n) is 3.12. The van der Waals surface area contributed by atoms with Gasteiger partial charge >= 0.3 is 0 Å². The number of aromatic nitrogens is 4. The molecule has 4 aromatic rings. The van der Waals surface area contributed by atoms with Crippen LogP contribution in [0.3, 0.4) is 0 Å². The van der Waals surface area contributed by atoms with Crippen molar-refractivity contribution in [3.05, 3.63) is 75.0 Å². The Kier molecular flexibility index (Phi) is 7.73. The molecule has 0 aliphatic rings. The van der Waals surface area contributed by atoms with Crippen molar-refractivity contribution in [1.29, 1.82) is 0 Å². The molecular weight excluding hydrogens is 483 g/mol. The van der Waals surface area contributed by atoms with Crippen LogP contribution in [0, 0.1) is 6.92 Å². The van der Waals surface area contributed by atoms with E-state index in [1.54, 1.807) is 41.3 Å². The van der Waals surface area contributed by atoms with Gasteiger partial charge in [-0.2, -0.15) is 0 Å². The van der Waals surface area contributed by atoms with Crippen LogP contribution in [0.2, 0.25) is 10.0 Å². The van der Waals surface area contributed by atoms with Gasteiger partial charge in [-0.25, -0.2) is 4.98 Å². The van der Waals surface area contributed by atoms with E-state index >= 15 is 0 Å². The highest BCUT2D eigenvalue weighted by atomic mass is 35.5. The third-order valence-corrected chi connectivity index (χ3v) is 7.31. The van der Waals surface area contributed by atoms with Gasteiger partial charge in [-0.15, -0.1) is 21.5 Å². The number of thioether (sulfide) groups is 1. The minimum atomic E-state index is 0.516. The topological polar surface area (TPSA) is 52.8 Å². The molecule has 2 aromatic heterocycles. The van der Waals surface area contributed by atoms with Gasteiger partial charge in [-0.3, -0.25) is 0 Å². The maximum atomic E-state index is 6.14. The number of thiazole rings is 1. The zero-order chi connectivity index (χ0) is 22.5. The van der Waals surface area contributed by atoms with Gasteiger partial charge in [0.15, 0.2) is 5.16 Å². The monoisotopic (exact) mass is 504 g/mol. The lowest BCUT2D eigenvalue weighted by molar-refractivity contribution is 0.309. The number of halogens is 2. The van der Waals surface area contributed by atoms with Crippen molar-refractivity contribution in [3.63, 3.8) is 0 Å². The van der Waals surface area contributed by atoms with Crippen LogP contribution in [-0.2, 0) is 19.2 Å². The van der Waals surface area contributed by atoms with E-state index in [9.17, 15) is 0 Å². The molecule has 4 rings (SSSR count). The number of hydrogen-bond donors (Lipinski definition) is 0. The Bertz CT molecular complexity index is 1210. The van der Waals surface area contributed by atoms with Gasteiger partial charge in [0.1, 0.15) is 16.6 Å². The van der Waals surface area contributed by atoms with Crippen LogP contribution in [0.4, 0.5) is 0 Å². The normalized spacial score (nSPS) is 11.1. The molecule has 5 nitrogen and oxygen atoms in total. The molecule has 0 radical (unpaired) electrons. The van der Waals surface area contributed by atoms with Crippen molar-refractivity contribution in [3.8, 4) is 16.3 Å². The lowest BCUT2D eigenvalue weighted by Crippen LogP contribution is -2.04. The van der Waals surface area contributed by atoms with Crippen molar-refractivity contribution < 1.29 is 4.74 Å². The highest BCUT2D eigenvalue weighted by Gasteiger charge is 2.12. The molecule has 2 heterocycles. The van der Waals surface area contributed by atoms with E-state index < -0.39 is 0 Å². The number of benzene rings is 2. The van der Waals surface area contributed by atoms with E-state index in [2.05, 4.69) is 46.8 Å². The Morgan fingerprint density at radius 3 is 2.81 bits per heavy atom. The quantitative estimate of drug-likeness (QED) is 0.184. The van der Waals surface area contributed by atoms with E-state index in [0.29, 0.717) is 22.4 Å². The van der Waals surface area contributed by atoms with Crippen LogP contribution in [-0.4, -0.2) is 26.4 Å². The molecule has 0 amide bonds. The average Bonchev–Trinajstić information content (AvgIpc) is 3.38. The van der Waals surface area contributed by atoms with Crippen LogP contribution < -0.4 is 4.74 Å². The van der Waals surface area contributed by atoms with Gasteiger partial charge in [0, 0.05) is 35.2 Å². The second kappa shape index (κ2) is 10.7. The Morgan fingerprint density at radius 2 is 2.00 bits per heavy atom. The summed E-state index contributed by atoms with van der Waals surface area (Å²) in [7, 11) is 1.99. The van der Waals surface area contributed by atoms with E-state index in [4.69, 9.17) is 32.9 Å². The molecule has 0 atom stereocenters. The average molecular weight is 505 g/mol. The maximum absolute atomic E-state index is 6.14. The second-order valence-electron chi connectivity index (χ2n) is 7.29. The van der Waals surface area contributed by atoms with E-state index in [1.165, 1.54) is 5.56 Å². The Labute approximate surface area is 205 Å². The fourth-order valence-corrected chi connectivity index (χ4v) is 5.32. The van der Waals surface area contributed by atoms with Crippen LogP contribution in [0.1, 0.15) is 23.5 Å². The standard InChI is InChI=1S/C23H22Cl2N4OS2/c1-15-5-3-6-16(11-15)22-26-18(13-31-22)14-32-23-28-27-21(29(23)2)7-4-10-30-20-9-8-17(24)12-19(20)25/h3,5-6,8-9,11-13H,4,7,10,14H2,1-2H3. The van der Waals surface area contributed by atoms with Gasteiger partial charge in [-0.1, -0.05) is 58.7 Å². The summed E-state index contributed by atoms with van der Waals surface area (Å²) in [4.78, 5) is 4.78. The summed E-state index contributed by atoms with van der Waals surface area (Å²) in [6.45, 7) is 2.63. The summed E-state index contributed by atoms with van der Waals surface area (Å²) in [6.07, 6.45) is 1.57. The molecule has 9 heteroatoms. The van der Waals surface area contributed by atoms with Gasteiger partial charge in [0.2, 0.25) is 0 Å². The third-order valence-electron chi connectivity index (χ3n) is 4.79. The first kappa shape index (κ1) is 23.1. The number of ether oxygens (including phenoxy) is 1. The van der Waals surface area contributed by atoms with Crippen LogP contribution >= 0.6 is 46.3 Å². The van der Waals surface area contributed by atoms with Gasteiger partial charge in [0.05, 0.1) is 17.3 Å². The second-order valence-corrected chi connectivity index (χ2v) is 9.93. The summed E-state index contributed by atoms with van der Waals surface area (Å²) < 4.78 is 7.79. The van der Waals surface area contributed by atoms with Crippen molar-refractivity contribution in [2.75, 3.05) is 6.61 Å². The van der Waals surface area contributed by atoms with Crippen molar-refractivity contribution in [2.45, 2.75) is 30.7 Å². The summed E-state index contributed by atoms with van der Waals surface area (Å²) in [5, 5.41) is 13.8. The number of hydrogen-bond acceptors (Lipinski definition) is 6. The predicted octanol–water partition coefficient (Wildman–Crippen LogP) is 6.86. The minimum Gasteiger partial charge on any atom is -0.492 e. The first-order valence-electron chi connectivity index (χ1n) is 10.1. The molecule has 0 bridgehead atoms. The lowest BCUT2D eigenvalue weighted by Gasteiger charge is -2.08. The summed E-state index contributed by atoms with van der Waals surface area (Å²) in [5.41, 5.74) is 3.45. The van der Waals surface area contributed by atoms with Crippen LogP contribution in [0.25, 0.3) is 10.6 Å².